The van der Waals surface area contributed by atoms with Crippen molar-refractivity contribution in [2.24, 2.45) is 0 Å². The fourth-order valence-corrected chi connectivity index (χ4v) is 4.37. The first-order chi connectivity index (χ1) is 17.0. The number of fused-ring (bicyclic) bond motifs is 2. The molecule has 180 valence electrons. The van der Waals surface area contributed by atoms with E-state index in [0.29, 0.717) is 42.3 Å². The Morgan fingerprint density at radius 1 is 1.03 bits per heavy atom. The summed E-state index contributed by atoms with van der Waals surface area (Å²) in [5, 5.41) is 5.74. The van der Waals surface area contributed by atoms with E-state index >= 15 is 0 Å². The van der Waals surface area contributed by atoms with E-state index in [2.05, 4.69) is 10.6 Å². The Morgan fingerprint density at radius 3 is 2.66 bits per heavy atom. The van der Waals surface area contributed by atoms with Gasteiger partial charge in [-0.15, -0.1) is 0 Å². The molecular weight excluding hydrogens is 454 g/mol. The first-order valence-electron chi connectivity index (χ1n) is 11.3. The summed E-state index contributed by atoms with van der Waals surface area (Å²) in [5.74, 6) is -1.14. The number of ether oxygens (including phenoxy) is 1. The van der Waals surface area contributed by atoms with Crippen LogP contribution in [0.1, 0.15) is 0 Å². The Morgan fingerprint density at radius 2 is 1.86 bits per heavy atom. The summed E-state index contributed by atoms with van der Waals surface area (Å²) in [5.41, 5.74) is 1.84. The molecule has 3 aromatic rings. The van der Waals surface area contributed by atoms with Gasteiger partial charge in [-0.05, 0) is 42.0 Å². The van der Waals surface area contributed by atoms with E-state index in [-0.39, 0.29) is 36.7 Å². The van der Waals surface area contributed by atoms with E-state index in [1.807, 2.05) is 35.2 Å². The molecule has 35 heavy (non-hydrogen) atoms. The highest BCUT2D eigenvalue weighted by Gasteiger charge is 2.32. The van der Waals surface area contributed by atoms with Gasteiger partial charge in [0.2, 0.25) is 5.91 Å². The minimum Gasteiger partial charge on any atom is -0.490 e. The third kappa shape index (κ3) is 5.09. The molecule has 2 heterocycles. The highest BCUT2D eigenvalue weighted by Crippen LogP contribution is 2.33. The zero-order chi connectivity index (χ0) is 24.4. The molecule has 0 unspecified atom stereocenters. The molecule has 0 aliphatic carbocycles. The van der Waals surface area contributed by atoms with Crippen LogP contribution in [0.15, 0.2) is 66.7 Å². The molecule has 1 fully saturated rings. The lowest BCUT2D eigenvalue weighted by Gasteiger charge is -2.40. The van der Waals surface area contributed by atoms with Gasteiger partial charge in [-0.2, -0.15) is 0 Å². The molecule has 0 saturated carbocycles. The van der Waals surface area contributed by atoms with Gasteiger partial charge < -0.3 is 20.3 Å². The number of hydrogen-bond acceptors (Lipinski definition) is 4. The van der Waals surface area contributed by atoms with E-state index in [0.717, 1.165) is 6.07 Å². The summed E-state index contributed by atoms with van der Waals surface area (Å²) in [4.78, 5) is 29.3. The van der Waals surface area contributed by atoms with Gasteiger partial charge in [0.15, 0.2) is 0 Å². The molecule has 3 aromatic carbocycles. The number of para-hydroxylation sites is 1. The Labute approximate surface area is 201 Å². The number of nitrogens with one attached hydrogen (secondary N) is 2. The summed E-state index contributed by atoms with van der Waals surface area (Å²) < 4.78 is 33.7. The SMILES string of the molecule is O=C1CN2CCN(C(=O)Nc3ccccc3)C[C@@H]2COc2ccc(-c3ccc(F)cc3F)cc2N1. The van der Waals surface area contributed by atoms with Crippen LogP contribution < -0.4 is 15.4 Å². The molecular formula is C26H24F2N4O3. The van der Waals surface area contributed by atoms with Gasteiger partial charge >= 0.3 is 6.03 Å². The van der Waals surface area contributed by atoms with Crippen molar-refractivity contribution < 1.29 is 23.1 Å². The normalized spacial score (nSPS) is 18.2. The summed E-state index contributed by atoms with van der Waals surface area (Å²) in [6.45, 7) is 1.80. The van der Waals surface area contributed by atoms with Gasteiger partial charge in [-0.25, -0.2) is 13.6 Å². The van der Waals surface area contributed by atoms with Crippen molar-refractivity contribution >= 4 is 23.3 Å². The van der Waals surface area contributed by atoms with Crippen molar-refractivity contribution in [3.8, 4) is 16.9 Å². The number of anilines is 2. The maximum absolute atomic E-state index is 14.3. The van der Waals surface area contributed by atoms with Crippen LogP contribution in [0.3, 0.4) is 0 Å². The van der Waals surface area contributed by atoms with Crippen molar-refractivity contribution in [1.82, 2.24) is 9.80 Å². The molecule has 2 aliphatic heterocycles. The molecule has 5 rings (SSSR count). The average Bonchev–Trinajstić information content (AvgIpc) is 2.90. The number of halogens is 2. The van der Waals surface area contributed by atoms with Crippen LogP contribution in [-0.4, -0.2) is 60.6 Å². The molecule has 0 aromatic heterocycles. The van der Waals surface area contributed by atoms with Crippen molar-refractivity contribution in [3.63, 3.8) is 0 Å². The summed E-state index contributed by atoms with van der Waals surface area (Å²) in [6.07, 6.45) is 0. The van der Waals surface area contributed by atoms with Crippen LogP contribution >= 0.6 is 0 Å². The van der Waals surface area contributed by atoms with Crippen molar-refractivity contribution in [2.75, 3.05) is 43.4 Å². The molecule has 0 bridgehead atoms. The third-order valence-corrected chi connectivity index (χ3v) is 6.19. The number of rotatable bonds is 2. The largest absolute Gasteiger partial charge is 0.490 e. The second kappa shape index (κ2) is 9.71. The van der Waals surface area contributed by atoms with Crippen LogP contribution in [0.2, 0.25) is 0 Å². The van der Waals surface area contributed by atoms with Crippen LogP contribution in [-0.2, 0) is 4.79 Å². The molecule has 0 spiro atoms. The first-order valence-corrected chi connectivity index (χ1v) is 11.3. The van der Waals surface area contributed by atoms with E-state index < -0.39 is 11.6 Å². The van der Waals surface area contributed by atoms with Gasteiger partial charge in [0.1, 0.15) is 24.0 Å². The lowest BCUT2D eigenvalue weighted by molar-refractivity contribution is -0.118. The van der Waals surface area contributed by atoms with Crippen molar-refractivity contribution in [1.29, 1.82) is 0 Å². The van der Waals surface area contributed by atoms with Gasteiger partial charge in [0.05, 0.1) is 18.3 Å². The zero-order valence-corrected chi connectivity index (χ0v) is 18.8. The van der Waals surface area contributed by atoms with E-state index in [1.54, 1.807) is 23.1 Å². The molecule has 3 amide bonds. The molecule has 2 N–H and O–H groups in total. The number of benzene rings is 3. The van der Waals surface area contributed by atoms with Gasteiger partial charge in [0, 0.05) is 37.0 Å². The number of piperazine rings is 1. The zero-order valence-electron chi connectivity index (χ0n) is 18.8. The second-order valence-corrected chi connectivity index (χ2v) is 8.56. The Kier molecular flexibility index (Phi) is 6.33. The van der Waals surface area contributed by atoms with Crippen LogP contribution in [0.25, 0.3) is 11.1 Å². The number of amides is 3. The van der Waals surface area contributed by atoms with E-state index in [4.69, 9.17) is 4.74 Å². The number of carbonyl (C=O) groups excluding carboxylic acids is 2. The van der Waals surface area contributed by atoms with Crippen LogP contribution in [0, 0.1) is 11.6 Å². The molecule has 1 saturated heterocycles. The second-order valence-electron chi connectivity index (χ2n) is 8.56. The Hall–Kier alpha value is -3.98. The molecule has 7 nitrogen and oxygen atoms in total. The van der Waals surface area contributed by atoms with Gasteiger partial charge in [0.25, 0.3) is 0 Å². The number of carbonyl (C=O) groups is 2. The maximum Gasteiger partial charge on any atom is 0.321 e. The first kappa shape index (κ1) is 22.8. The fourth-order valence-electron chi connectivity index (χ4n) is 4.37. The van der Waals surface area contributed by atoms with Gasteiger partial charge in [-0.1, -0.05) is 24.3 Å². The van der Waals surface area contributed by atoms with E-state index in [1.165, 1.54) is 12.1 Å². The molecule has 1 atom stereocenters. The molecule has 0 radical (unpaired) electrons. The topological polar surface area (TPSA) is 73.9 Å². The minimum atomic E-state index is -0.689. The maximum atomic E-state index is 14.3. The summed E-state index contributed by atoms with van der Waals surface area (Å²) in [7, 11) is 0. The highest BCUT2D eigenvalue weighted by atomic mass is 19.1. The third-order valence-electron chi connectivity index (χ3n) is 6.19. The lowest BCUT2D eigenvalue weighted by atomic mass is 10.0. The lowest BCUT2D eigenvalue weighted by Crippen LogP contribution is -2.58. The van der Waals surface area contributed by atoms with Crippen molar-refractivity contribution in [2.45, 2.75) is 6.04 Å². The summed E-state index contributed by atoms with van der Waals surface area (Å²) >= 11 is 0. The average molecular weight is 478 g/mol. The predicted molar refractivity (Wildman–Crippen MR) is 128 cm³/mol. The van der Waals surface area contributed by atoms with Crippen molar-refractivity contribution in [3.05, 3.63) is 78.4 Å². The van der Waals surface area contributed by atoms with Gasteiger partial charge in [-0.3, -0.25) is 9.69 Å². The summed E-state index contributed by atoms with van der Waals surface area (Å²) in [6, 6.07) is 17.2. The molecule has 9 heteroatoms. The Balaban J connectivity index is 1.33. The van der Waals surface area contributed by atoms with Crippen LogP contribution in [0.4, 0.5) is 25.0 Å². The van der Waals surface area contributed by atoms with E-state index in [9.17, 15) is 18.4 Å². The number of urea groups is 1. The molecule has 2 aliphatic rings. The monoisotopic (exact) mass is 478 g/mol. The number of nitrogens with zero attached hydrogens (tertiary/aromatic N) is 2. The fraction of sp³-hybridized carbons (Fsp3) is 0.231. The predicted octanol–water partition coefficient (Wildman–Crippen LogP) is 4.18. The Bertz CT molecular complexity index is 1250. The number of hydrogen-bond donors (Lipinski definition) is 2. The minimum absolute atomic E-state index is 0.136. The highest BCUT2D eigenvalue weighted by molar-refractivity contribution is 5.95. The standard InChI is InChI=1S/C26H24F2N4O3/c27-18-7-8-21(22(28)13-18)17-6-9-24-23(12-17)30-25(33)15-31-10-11-32(14-20(31)16-35-24)26(34)29-19-4-2-1-3-5-19/h1-9,12-13,20H,10-11,14-16H2,(H,29,34)(H,30,33)/t20-/m1/s1. The quantitative estimate of drug-likeness (QED) is 0.580. The van der Waals surface area contributed by atoms with Crippen LogP contribution in [0.5, 0.6) is 5.75 Å². The smallest absolute Gasteiger partial charge is 0.321 e.